The van der Waals surface area contributed by atoms with E-state index in [2.05, 4.69) is 15.0 Å². The van der Waals surface area contributed by atoms with Crippen LogP contribution in [0.2, 0.25) is 0 Å². The standard InChI is InChI=1S/C14H18N4O2S2/c1-9-7-11(14-15-8-10(2)21-14)17-13(16-9)12-5-4-6-18(12)22(3,19)20/h7-8,12H,4-6H2,1-3H3. The van der Waals surface area contributed by atoms with E-state index in [1.54, 1.807) is 11.3 Å². The molecular weight excluding hydrogens is 320 g/mol. The summed E-state index contributed by atoms with van der Waals surface area (Å²) in [7, 11) is -3.25. The molecule has 1 fully saturated rings. The van der Waals surface area contributed by atoms with Gasteiger partial charge in [-0.3, -0.25) is 0 Å². The van der Waals surface area contributed by atoms with Gasteiger partial charge >= 0.3 is 0 Å². The maximum atomic E-state index is 11.9. The van der Waals surface area contributed by atoms with Crippen LogP contribution in [0.3, 0.4) is 0 Å². The highest BCUT2D eigenvalue weighted by molar-refractivity contribution is 7.88. The molecule has 3 rings (SSSR count). The molecule has 0 spiro atoms. The average molecular weight is 338 g/mol. The van der Waals surface area contributed by atoms with Crippen LogP contribution in [0.1, 0.15) is 35.3 Å². The molecule has 2 aromatic heterocycles. The van der Waals surface area contributed by atoms with Crippen molar-refractivity contribution < 1.29 is 8.42 Å². The van der Waals surface area contributed by atoms with Crippen LogP contribution in [0, 0.1) is 13.8 Å². The summed E-state index contributed by atoms with van der Waals surface area (Å²) in [5, 5.41) is 0.841. The van der Waals surface area contributed by atoms with Gasteiger partial charge in [-0.2, -0.15) is 4.31 Å². The van der Waals surface area contributed by atoms with Gasteiger partial charge in [0.15, 0.2) is 0 Å². The molecule has 1 aliphatic rings. The van der Waals surface area contributed by atoms with Crippen molar-refractivity contribution in [1.82, 2.24) is 19.3 Å². The summed E-state index contributed by atoms with van der Waals surface area (Å²) in [5.74, 6) is 0.575. The van der Waals surface area contributed by atoms with Crippen molar-refractivity contribution in [3.8, 4) is 10.7 Å². The molecule has 0 aromatic carbocycles. The molecule has 6 nitrogen and oxygen atoms in total. The van der Waals surface area contributed by atoms with Crippen molar-refractivity contribution in [2.24, 2.45) is 0 Å². The molecule has 1 aliphatic heterocycles. The van der Waals surface area contributed by atoms with Gasteiger partial charge in [-0.1, -0.05) is 0 Å². The Kier molecular flexibility index (Phi) is 4.00. The summed E-state index contributed by atoms with van der Waals surface area (Å²) in [4.78, 5) is 14.5. The summed E-state index contributed by atoms with van der Waals surface area (Å²) in [6.07, 6.45) is 4.65. The molecule has 1 saturated heterocycles. The van der Waals surface area contributed by atoms with Gasteiger partial charge < -0.3 is 0 Å². The van der Waals surface area contributed by atoms with Gasteiger partial charge in [0.2, 0.25) is 10.0 Å². The molecule has 1 unspecified atom stereocenters. The van der Waals surface area contributed by atoms with Crippen molar-refractivity contribution in [2.75, 3.05) is 12.8 Å². The molecular formula is C14H18N4O2S2. The first-order valence-electron chi connectivity index (χ1n) is 7.10. The monoisotopic (exact) mass is 338 g/mol. The van der Waals surface area contributed by atoms with Crippen LogP contribution < -0.4 is 0 Å². The second-order valence-corrected chi connectivity index (χ2v) is 8.73. The number of nitrogens with zero attached hydrogens (tertiary/aromatic N) is 4. The lowest BCUT2D eigenvalue weighted by Crippen LogP contribution is -2.30. The van der Waals surface area contributed by atoms with E-state index in [1.807, 2.05) is 26.1 Å². The van der Waals surface area contributed by atoms with Crippen molar-refractivity contribution in [3.05, 3.63) is 28.7 Å². The van der Waals surface area contributed by atoms with E-state index in [1.165, 1.54) is 10.6 Å². The topological polar surface area (TPSA) is 76.1 Å². The smallest absolute Gasteiger partial charge is 0.211 e. The number of aromatic nitrogens is 3. The number of hydrogen-bond acceptors (Lipinski definition) is 6. The van der Waals surface area contributed by atoms with Gasteiger partial charge in [0.25, 0.3) is 0 Å². The minimum absolute atomic E-state index is 0.269. The normalized spacial score (nSPS) is 19.7. The molecule has 118 valence electrons. The number of aryl methyl sites for hydroxylation is 2. The zero-order chi connectivity index (χ0) is 15.9. The first kappa shape index (κ1) is 15.5. The maximum Gasteiger partial charge on any atom is 0.211 e. The molecule has 0 radical (unpaired) electrons. The van der Waals surface area contributed by atoms with Crippen molar-refractivity contribution >= 4 is 21.4 Å². The molecule has 8 heteroatoms. The van der Waals surface area contributed by atoms with Crippen LogP contribution in [-0.4, -0.2) is 40.5 Å². The van der Waals surface area contributed by atoms with Crippen LogP contribution >= 0.6 is 11.3 Å². The average Bonchev–Trinajstić information content (AvgIpc) is 3.05. The fraction of sp³-hybridized carbons (Fsp3) is 0.500. The van der Waals surface area contributed by atoms with Crippen LogP contribution in [0.4, 0.5) is 0 Å². The minimum atomic E-state index is -3.25. The highest BCUT2D eigenvalue weighted by Crippen LogP contribution is 2.33. The molecule has 2 aromatic rings. The highest BCUT2D eigenvalue weighted by Gasteiger charge is 2.34. The molecule has 0 aliphatic carbocycles. The lowest BCUT2D eigenvalue weighted by atomic mass is 10.2. The lowest BCUT2D eigenvalue weighted by Gasteiger charge is -2.21. The first-order valence-corrected chi connectivity index (χ1v) is 9.76. The van der Waals surface area contributed by atoms with Crippen LogP contribution in [0.25, 0.3) is 10.7 Å². The predicted octanol–water partition coefficient (Wildman–Crippen LogP) is 2.31. The molecule has 0 saturated carbocycles. The van der Waals surface area contributed by atoms with E-state index in [0.29, 0.717) is 12.4 Å². The highest BCUT2D eigenvalue weighted by atomic mass is 32.2. The van der Waals surface area contributed by atoms with Gasteiger partial charge in [0.1, 0.15) is 16.5 Å². The number of sulfonamides is 1. The number of hydrogen-bond donors (Lipinski definition) is 0. The molecule has 3 heterocycles. The van der Waals surface area contributed by atoms with Gasteiger partial charge in [-0.15, -0.1) is 11.3 Å². The summed E-state index contributed by atoms with van der Waals surface area (Å²) in [6, 6.07) is 1.62. The van der Waals surface area contributed by atoms with E-state index in [9.17, 15) is 8.42 Å². The van der Waals surface area contributed by atoms with Crippen LogP contribution in [-0.2, 0) is 10.0 Å². The van der Waals surface area contributed by atoms with Crippen molar-refractivity contribution in [3.63, 3.8) is 0 Å². The summed E-state index contributed by atoms with van der Waals surface area (Å²) in [6.45, 7) is 4.43. The van der Waals surface area contributed by atoms with E-state index in [4.69, 9.17) is 0 Å². The fourth-order valence-corrected chi connectivity index (χ4v) is 4.57. The Morgan fingerprint density at radius 2 is 2.09 bits per heavy atom. The molecule has 0 bridgehead atoms. The number of rotatable bonds is 3. The summed E-state index contributed by atoms with van der Waals surface area (Å²) in [5.41, 5.74) is 1.59. The second-order valence-electron chi connectivity index (χ2n) is 5.56. The van der Waals surface area contributed by atoms with Gasteiger partial charge in [0, 0.05) is 23.3 Å². The Hall–Kier alpha value is -1.38. The third-order valence-electron chi connectivity index (χ3n) is 3.64. The fourth-order valence-electron chi connectivity index (χ4n) is 2.72. The Bertz CT molecular complexity index is 801. The summed E-state index contributed by atoms with van der Waals surface area (Å²) >= 11 is 1.57. The third-order valence-corrected chi connectivity index (χ3v) is 5.86. The quantitative estimate of drug-likeness (QED) is 0.858. The number of thiazole rings is 1. The zero-order valence-corrected chi connectivity index (χ0v) is 14.4. The maximum absolute atomic E-state index is 11.9. The summed E-state index contributed by atoms with van der Waals surface area (Å²) < 4.78 is 25.3. The van der Waals surface area contributed by atoms with Crippen LogP contribution in [0.15, 0.2) is 12.3 Å². The van der Waals surface area contributed by atoms with E-state index < -0.39 is 10.0 Å². The third kappa shape index (κ3) is 3.04. The predicted molar refractivity (Wildman–Crippen MR) is 86.1 cm³/mol. The SMILES string of the molecule is Cc1cc(-c2ncc(C)s2)nc(C2CCCN2S(C)(=O)=O)n1. The molecule has 1 atom stereocenters. The lowest BCUT2D eigenvalue weighted by molar-refractivity contribution is 0.386. The Labute approximate surface area is 134 Å². The zero-order valence-electron chi connectivity index (χ0n) is 12.8. The van der Waals surface area contributed by atoms with E-state index in [0.717, 1.165) is 34.1 Å². The van der Waals surface area contributed by atoms with E-state index in [-0.39, 0.29) is 6.04 Å². The molecule has 0 N–H and O–H groups in total. The Morgan fingerprint density at radius 3 is 2.73 bits per heavy atom. The van der Waals surface area contributed by atoms with Crippen molar-refractivity contribution in [2.45, 2.75) is 32.7 Å². The largest absolute Gasteiger partial charge is 0.243 e. The van der Waals surface area contributed by atoms with Gasteiger partial charge in [-0.05, 0) is 32.8 Å². The van der Waals surface area contributed by atoms with Gasteiger partial charge in [0.05, 0.1) is 12.3 Å². The Morgan fingerprint density at radius 1 is 1.32 bits per heavy atom. The van der Waals surface area contributed by atoms with Gasteiger partial charge in [-0.25, -0.2) is 23.4 Å². The van der Waals surface area contributed by atoms with E-state index >= 15 is 0 Å². The Balaban J connectivity index is 2.03. The minimum Gasteiger partial charge on any atom is -0.243 e. The van der Waals surface area contributed by atoms with Crippen molar-refractivity contribution in [1.29, 1.82) is 0 Å². The molecule has 22 heavy (non-hydrogen) atoms. The second kappa shape index (κ2) is 5.68. The van der Waals surface area contributed by atoms with Crippen LogP contribution in [0.5, 0.6) is 0 Å². The first-order chi connectivity index (χ1) is 10.3. The molecule has 0 amide bonds.